The van der Waals surface area contributed by atoms with Crippen LogP contribution in [0.3, 0.4) is 0 Å². The summed E-state index contributed by atoms with van der Waals surface area (Å²) in [5.41, 5.74) is 2.29. The molecule has 2 heteroatoms. The van der Waals surface area contributed by atoms with Gasteiger partial charge in [-0.15, -0.1) is 0 Å². The lowest BCUT2D eigenvalue weighted by molar-refractivity contribution is -0.125. The number of rotatable bonds is 4. The molecule has 1 fully saturated rings. The van der Waals surface area contributed by atoms with Gasteiger partial charge in [0.2, 0.25) is 0 Å². The predicted molar refractivity (Wildman–Crippen MR) is 104 cm³/mol. The van der Waals surface area contributed by atoms with Gasteiger partial charge in [0.1, 0.15) is 5.78 Å². The van der Waals surface area contributed by atoms with E-state index >= 15 is 0 Å². The molecule has 0 amide bonds. The van der Waals surface area contributed by atoms with Crippen molar-refractivity contribution in [3.05, 3.63) is 78.4 Å². The van der Waals surface area contributed by atoms with Crippen LogP contribution < -0.4 is 5.32 Å². The minimum Gasteiger partial charge on any atom is -0.377 e. The summed E-state index contributed by atoms with van der Waals surface area (Å²) in [4.78, 5) is 12.7. The van der Waals surface area contributed by atoms with E-state index in [1.54, 1.807) is 0 Å². The van der Waals surface area contributed by atoms with Crippen molar-refractivity contribution in [1.82, 2.24) is 0 Å². The molecular formula is C23H23NO. The van der Waals surface area contributed by atoms with Crippen LogP contribution in [0.5, 0.6) is 0 Å². The lowest BCUT2D eigenvalue weighted by atomic mass is 9.79. The average molecular weight is 329 g/mol. The number of hydrogen-bond acceptors (Lipinski definition) is 2. The number of fused-ring (bicyclic) bond motifs is 1. The summed E-state index contributed by atoms with van der Waals surface area (Å²) in [6.07, 6.45) is 3.84. The van der Waals surface area contributed by atoms with Crippen LogP contribution in [0, 0.1) is 5.92 Å². The van der Waals surface area contributed by atoms with E-state index in [0.29, 0.717) is 12.2 Å². The minimum absolute atomic E-state index is 0.0151. The highest BCUT2D eigenvalue weighted by Gasteiger charge is 2.32. The lowest BCUT2D eigenvalue weighted by Gasteiger charge is -2.31. The zero-order chi connectivity index (χ0) is 17.1. The second-order valence-corrected chi connectivity index (χ2v) is 6.87. The lowest BCUT2D eigenvalue weighted by Crippen LogP contribution is -2.30. The number of para-hydroxylation sites is 1. The summed E-state index contributed by atoms with van der Waals surface area (Å²) in [6.45, 7) is 0. The van der Waals surface area contributed by atoms with E-state index in [0.717, 1.165) is 24.9 Å². The van der Waals surface area contributed by atoms with E-state index in [1.165, 1.54) is 16.3 Å². The van der Waals surface area contributed by atoms with Gasteiger partial charge in [-0.25, -0.2) is 0 Å². The van der Waals surface area contributed by atoms with Crippen molar-refractivity contribution < 1.29 is 4.79 Å². The molecule has 0 saturated heterocycles. The number of hydrogen-bond donors (Lipinski definition) is 1. The van der Waals surface area contributed by atoms with Gasteiger partial charge >= 0.3 is 0 Å². The molecule has 0 spiro atoms. The first-order valence-electron chi connectivity index (χ1n) is 9.15. The summed E-state index contributed by atoms with van der Waals surface area (Å²) in [5.74, 6) is 0.437. The van der Waals surface area contributed by atoms with Gasteiger partial charge in [-0.1, -0.05) is 67.1 Å². The molecule has 1 aliphatic rings. The van der Waals surface area contributed by atoms with Crippen LogP contribution in [0.1, 0.15) is 37.3 Å². The molecule has 1 N–H and O–H groups in total. The molecule has 2 atom stereocenters. The van der Waals surface area contributed by atoms with Crippen LogP contribution in [-0.4, -0.2) is 5.78 Å². The van der Waals surface area contributed by atoms with E-state index in [9.17, 15) is 4.79 Å². The van der Waals surface area contributed by atoms with Crippen molar-refractivity contribution in [1.29, 1.82) is 0 Å². The molecule has 1 aliphatic carbocycles. The smallest absolute Gasteiger partial charge is 0.138 e. The van der Waals surface area contributed by atoms with Crippen LogP contribution in [0.4, 0.5) is 5.69 Å². The number of carbonyl (C=O) groups excluding carboxylic acids is 1. The van der Waals surface area contributed by atoms with Crippen molar-refractivity contribution in [2.45, 2.75) is 31.7 Å². The Kier molecular flexibility index (Phi) is 4.51. The predicted octanol–water partition coefficient (Wildman–Crippen LogP) is 5.75. The zero-order valence-corrected chi connectivity index (χ0v) is 14.3. The van der Waals surface area contributed by atoms with Crippen LogP contribution in [0.25, 0.3) is 10.8 Å². The zero-order valence-electron chi connectivity index (χ0n) is 14.3. The second kappa shape index (κ2) is 7.10. The van der Waals surface area contributed by atoms with Gasteiger partial charge in [0, 0.05) is 18.0 Å². The number of ketones is 1. The quantitative estimate of drug-likeness (QED) is 0.660. The SMILES string of the molecule is O=C1CCCC[C@@H]1[C@H](Nc1ccccc1)c1cccc2ccccc12. The van der Waals surface area contributed by atoms with Crippen molar-refractivity contribution in [2.24, 2.45) is 5.92 Å². The average Bonchev–Trinajstić information content (AvgIpc) is 2.67. The molecule has 0 radical (unpaired) electrons. The first-order chi connectivity index (χ1) is 12.3. The Morgan fingerprint density at radius 3 is 2.44 bits per heavy atom. The molecule has 3 aromatic rings. The summed E-state index contributed by atoms with van der Waals surface area (Å²) in [5, 5.41) is 6.12. The maximum absolute atomic E-state index is 12.7. The molecule has 4 rings (SSSR count). The molecule has 2 nitrogen and oxygen atoms in total. The number of anilines is 1. The molecule has 0 heterocycles. The van der Waals surface area contributed by atoms with Gasteiger partial charge in [-0.05, 0) is 41.3 Å². The molecule has 25 heavy (non-hydrogen) atoms. The number of Topliss-reactive ketones (excluding diaryl/α,β-unsaturated/α-hetero) is 1. The Labute approximate surface area is 148 Å². The highest BCUT2D eigenvalue weighted by molar-refractivity contribution is 5.89. The Hall–Kier alpha value is -2.61. The molecule has 0 aliphatic heterocycles. The van der Waals surface area contributed by atoms with Crippen LogP contribution in [0.2, 0.25) is 0 Å². The monoisotopic (exact) mass is 329 g/mol. The molecule has 0 aromatic heterocycles. The largest absolute Gasteiger partial charge is 0.377 e. The topological polar surface area (TPSA) is 29.1 Å². The second-order valence-electron chi connectivity index (χ2n) is 6.87. The molecule has 126 valence electrons. The summed E-state index contributed by atoms with van der Waals surface area (Å²) >= 11 is 0. The van der Waals surface area contributed by atoms with Crippen molar-refractivity contribution in [2.75, 3.05) is 5.32 Å². The maximum atomic E-state index is 12.7. The van der Waals surface area contributed by atoms with Crippen LogP contribution in [0.15, 0.2) is 72.8 Å². The van der Waals surface area contributed by atoms with Gasteiger partial charge in [-0.2, -0.15) is 0 Å². The number of carbonyl (C=O) groups is 1. The number of benzene rings is 3. The molecule has 0 unspecified atom stereocenters. The van der Waals surface area contributed by atoms with Crippen LogP contribution >= 0.6 is 0 Å². The normalized spacial score (nSPS) is 18.9. The highest BCUT2D eigenvalue weighted by Crippen LogP contribution is 2.37. The van der Waals surface area contributed by atoms with Gasteiger partial charge in [0.05, 0.1) is 6.04 Å². The highest BCUT2D eigenvalue weighted by atomic mass is 16.1. The third-order valence-electron chi connectivity index (χ3n) is 5.26. The fourth-order valence-corrected chi connectivity index (χ4v) is 3.99. The van der Waals surface area contributed by atoms with E-state index in [4.69, 9.17) is 0 Å². The minimum atomic E-state index is 0.0151. The summed E-state index contributed by atoms with van der Waals surface area (Å²) in [6, 6.07) is 25.1. The third-order valence-corrected chi connectivity index (χ3v) is 5.26. The van der Waals surface area contributed by atoms with E-state index in [2.05, 4.69) is 59.9 Å². The third kappa shape index (κ3) is 3.30. The van der Waals surface area contributed by atoms with Gasteiger partial charge in [-0.3, -0.25) is 4.79 Å². The van der Waals surface area contributed by atoms with Crippen LogP contribution in [-0.2, 0) is 4.79 Å². The summed E-state index contributed by atoms with van der Waals surface area (Å²) < 4.78 is 0. The van der Waals surface area contributed by atoms with E-state index < -0.39 is 0 Å². The fourth-order valence-electron chi connectivity index (χ4n) is 3.99. The van der Waals surface area contributed by atoms with E-state index in [-0.39, 0.29) is 12.0 Å². The van der Waals surface area contributed by atoms with Crippen molar-refractivity contribution in [3.63, 3.8) is 0 Å². The Morgan fingerprint density at radius 2 is 1.60 bits per heavy atom. The Bertz CT molecular complexity index is 866. The molecular weight excluding hydrogens is 306 g/mol. The molecule has 1 saturated carbocycles. The van der Waals surface area contributed by atoms with Gasteiger partial charge in [0.15, 0.2) is 0 Å². The van der Waals surface area contributed by atoms with Crippen molar-refractivity contribution >= 4 is 22.2 Å². The first-order valence-corrected chi connectivity index (χ1v) is 9.15. The molecule has 3 aromatic carbocycles. The fraction of sp³-hybridized carbons (Fsp3) is 0.261. The first kappa shape index (κ1) is 15.9. The van der Waals surface area contributed by atoms with Crippen molar-refractivity contribution in [3.8, 4) is 0 Å². The number of nitrogens with one attached hydrogen (secondary N) is 1. The van der Waals surface area contributed by atoms with Gasteiger partial charge in [0.25, 0.3) is 0 Å². The standard InChI is InChI=1S/C23H23NO/c25-22-16-7-6-14-21(22)23(24-18-11-2-1-3-12-18)20-15-8-10-17-9-4-5-13-19(17)20/h1-5,8-13,15,21,23-24H,6-7,14,16H2/t21-,23+/m0/s1. The maximum Gasteiger partial charge on any atom is 0.138 e. The van der Waals surface area contributed by atoms with Gasteiger partial charge < -0.3 is 5.32 Å². The Morgan fingerprint density at radius 1 is 0.840 bits per heavy atom. The summed E-state index contributed by atoms with van der Waals surface area (Å²) in [7, 11) is 0. The Balaban J connectivity index is 1.80. The molecule has 0 bridgehead atoms. The van der Waals surface area contributed by atoms with E-state index in [1.807, 2.05) is 18.2 Å².